The largest absolute Gasteiger partial charge is 0.356 e. The molecule has 2 rings (SSSR count). The lowest BCUT2D eigenvalue weighted by atomic mass is 10.1. The molecule has 118 valence electrons. The predicted molar refractivity (Wildman–Crippen MR) is 81.7 cm³/mol. The van der Waals surface area contributed by atoms with Crippen LogP contribution in [0, 0.1) is 17.2 Å². The maximum Gasteiger partial charge on any atom is 0.244 e. The van der Waals surface area contributed by atoms with E-state index >= 15 is 0 Å². The van der Waals surface area contributed by atoms with Gasteiger partial charge in [-0.05, 0) is 31.5 Å². The van der Waals surface area contributed by atoms with E-state index < -0.39 is 10.0 Å². The van der Waals surface area contributed by atoms with Crippen LogP contribution in [0.25, 0.3) is 0 Å². The minimum absolute atomic E-state index is 0.0144. The molecule has 6 nitrogen and oxygen atoms in total. The van der Waals surface area contributed by atoms with Crippen LogP contribution >= 0.6 is 11.6 Å². The molecular formula is C14H16ClN3O3S. The van der Waals surface area contributed by atoms with Gasteiger partial charge in [0.2, 0.25) is 15.9 Å². The third-order valence-corrected chi connectivity index (χ3v) is 5.90. The molecule has 1 aromatic carbocycles. The van der Waals surface area contributed by atoms with Gasteiger partial charge >= 0.3 is 0 Å². The van der Waals surface area contributed by atoms with Gasteiger partial charge in [-0.15, -0.1) is 0 Å². The number of hydrogen-bond acceptors (Lipinski definition) is 4. The number of nitrogens with zero attached hydrogens (tertiary/aromatic N) is 2. The first kappa shape index (κ1) is 16.7. The maximum atomic E-state index is 12.6. The van der Waals surface area contributed by atoms with Gasteiger partial charge in [0.1, 0.15) is 4.90 Å². The highest BCUT2D eigenvalue weighted by Gasteiger charge is 2.36. The molecule has 0 bridgehead atoms. The average Bonchev–Trinajstić information content (AvgIpc) is 2.97. The summed E-state index contributed by atoms with van der Waals surface area (Å²) in [5, 5.41) is 11.5. The highest BCUT2D eigenvalue weighted by Crippen LogP contribution is 2.29. The summed E-state index contributed by atoms with van der Waals surface area (Å²) in [5.74, 6) is -0.474. The Kier molecular flexibility index (Phi) is 5.06. The molecule has 0 spiro atoms. The lowest BCUT2D eigenvalue weighted by Gasteiger charge is -2.17. The molecule has 1 atom stereocenters. The van der Waals surface area contributed by atoms with Crippen molar-refractivity contribution in [2.75, 3.05) is 19.6 Å². The number of halogens is 1. The van der Waals surface area contributed by atoms with Crippen LogP contribution in [0.3, 0.4) is 0 Å². The molecular weight excluding hydrogens is 326 g/mol. The fourth-order valence-corrected chi connectivity index (χ4v) is 4.42. The normalized spacial score (nSPS) is 18.9. The number of nitriles is 1. The van der Waals surface area contributed by atoms with E-state index in [1.54, 1.807) is 0 Å². The van der Waals surface area contributed by atoms with E-state index in [0.29, 0.717) is 18.5 Å². The standard InChI is InChI=1S/C14H16ClN3O3S/c1-2-17-14(19)11-5-6-18(9-11)22(20,21)13-4-3-10(8-16)7-12(13)15/h3-4,7,11H,2,5-6,9H2,1H3,(H,17,19). The van der Waals surface area contributed by atoms with Crippen LogP contribution in [-0.2, 0) is 14.8 Å². The molecule has 0 radical (unpaired) electrons. The van der Waals surface area contributed by atoms with Crippen molar-refractivity contribution in [3.05, 3.63) is 28.8 Å². The highest BCUT2D eigenvalue weighted by atomic mass is 35.5. The first-order chi connectivity index (χ1) is 10.4. The average molecular weight is 342 g/mol. The summed E-state index contributed by atoms with van der Waals surface area (Å²) in [6.07, 6.45) is 0.485. The zero-order valence-electron chi connectivity index (χ0n) is 12.0. The van der Waals surface area contributed by atoms with Crippen LogP contribution in [0.2, 0.25) is 5.02 Å². The van der Waals surface area contributed by atoms with E-state index in [1.165, 1.54) is 22.5 Å². The number of amides is 1. The monoisotopic (exact) mass is 341 g/mol. The van der Waals surface area contributed by atoms with Crippen molar-refractivity contribution in [3.63, 3.8) is 0 Å². The van der Waals surface area contributed by atoms with E-state index in [2.05, 4.69) is 5.32 Å². The lowest BCUT2D eigenvalue weighted by molar-refractivity contribution is -0.124. The van der Waals surface area contributed by atoms with Crippen molar-refractivity contribution in [3.8, 4) is 6.07 Å². The molecule has 1 heterocycles. The smallest absolute Gasteiger partial charge is 0.244 e. The fourth-order valence-electron chi connectivity index (χ4n) is 2.40. The first-order valence-electron chi connectivity index (χ1n) is 6.87. The SMILES string of the molecule is CCNC(=O)C1CCN(S(=O)(=O)c2ccc(C#N)cc2Cl)C1. The second kappa shape index (κ2) is 6.65. The fraction of sp³-hybridized carbons (Fsp3) is 0.429. The lowest BCUT2D eigenvalue weighted by Crippen LogP contribution is -2.34. The molecule has 0 saturated carbocycles. The number of benzene rings is 1. The Morgan fingerprint density at radius 1 is 1.55 bits per heavy atom. The van der Waals surface area contributed by atoms with Crippen molar-refractivity contribution in [1.29, 1.82) is 5.26 Å². The van der Waals surface area contributed by atoms with Gasteiger partial charge in [-0.2, -0.15) is 9.57 Å². The molecule has 1 fully saturated rings. The Bertz CT molecular complexity index is 727. The minimum Gasteiger partial charge on any atom is -0.356 e. The van der Waals surface area contributed by atoms with E-state index in [0.717, 1.165) is 0 Å². The molecule has 1 saturated heterocycles. The first-order valence-corrected chi connectivity index (χ1v) is 8.69. The minimum atomic E-state index is -3.76. The highest BCUT2D eigenvalue weighted by molar-refractivity contribution is 7.89. The van der Waals surface area contributed by atoms with Crippen LogP contribution < -0.4 is 5.32 Å². The van der Waals surface area contributed by atoms with Gasteiger partial charge in [0.25, 0.3) is 0 Å². The predicted octanol–water partition coefficient (Wildman–Crippen LogP) is 1.36. The van der Waals surface area contributed by atoms with Gasteiger partial charge in [0.05, 0.1) is 22.6 Å². The maximum absolute atomic E-state index is 12.6. The Morgan fingerprint density at radius 3 is 2.86 bits per heavy atom. The molecule has 1 aliphatic heterocycles. The summed E-state index contributed by atoms with van der Waals surface area (Å²) in [4.78, 5) is 11.8. The number of carbonyl (C=O) groups excluding carboxylic acids is 1. The molecule has 1 N–H and O–H groups in total. The summed E-state index contributed by atoms with van der Waals surface area (Å²) in [5.41, 5.74) is 0.297. The van der Waals surface area contributed by atoms with E-state index in [9.17, 15) is 13.2 Å². The topological polar surface area (TPSA) is 90.3 Å². The van der Waals surface area contributed by atoms with E-state index in [4.69, 9.17) is 16.9 Å². The molecule has 0 aliphatic carbocycles. The molecule has 1 aliphatic rings. The molecule has 22 heavy (non-hydrogen) atoms. The summed E-state index contributed by atoms with van der Waals surface area (Å²) in [7, 11) is -3.76. The number of nitrogens with one attached hydrogen (secondary N) is 1. The number of carbonyl (C=O) groups is 1. The van der Waals surface area contributed by atoms with Gasteiger partial charge in [-0.25, -0.2) is 8.42 Å². The van der Waals surface area contributed by atoms with Crippen LogP contribution in [0.5, 0.6) is 0 Å². The molecule has 1 aromatic rings. The Morgan fingerprint density at radius 2 is 2.27 bits per heavy atom. The van der Waals surface area contributed by atoms with Gasteiger partial charge in [-0.1, -0.05) is 11.6 Å². The Hall–Kier alpha value is -1.62. The van der Waals surface area contributed by atoms with Crippen LogP contribution in [0.4, 0.5) is 0 Å². The van der Waals surface area contributed by atoms with Crippen LogP contribution in [-0.4, -0.2) is 38.3 Å². The molecule has 1 amide bonds. The molecule has 1 unspecified atom stereocenters. The summed E-state index contributed by atoms with van der Waals surface area (Å²) >= 11 is 5.98. The molecule has 0 aromatic heterocycles. The van der Waals surface area contributed by atoms with Gasteiger partial charge in [0.15, 0.2) is 0 Å². The zero-order chi connectivity index (χ0) is 16.3. The van der Waals surface area contributed by atoms with Crippen molar-refractivity contribution in [1.82, 2.24) is 9.62 Å². The Balaban J connectivity index is 2.22. The second-order valence-corrected chi connectivity index (χ2v) is 7.31. The zero-order valence-corrected chi connectivity index (χ0v) is 13.6. The third kappa shape index (κ3) is 3.24. The van der Waals surface area contributed by atoms with Gasteiger partial charge in [0, 0.05) is 19.6 Å². The number of rotatable bonds is 4. The summed E-state index contributed by atoms with van der Waals surface area (Å²) in [6.45, 7) is 2.76. The van der Waals surface area contributed by atoms with Crippen molar-refractivity contribution in [2.45, 2.75) is 18.2 Å². The third-order valence-electron chi connectivity index (χ3n) is 3.55. The van der Waals surface area contributed by atoms with Crippen LogP contribution in [0.15, 0.2) is 23.1 Å². The number of hydrogen-bond donors (Lipinski definition) is 1. The van der Waals surface area contributed by atoms with Crippen molar-refractivity contribution < 1.29 is 13.2 Å². The van der Waals surface area contributed by atoms with E-state index in [-0.39, 0.29) is 34.8 Å². The van der Waals surface area contributed by atoms with Crippen LogP contribution in [0.1, 0.15) is 18.9 Å². The summed E-state index contributed by atoms with van der Waals surface area (Å²) in [6, 6.07) is 5.97. The second-order valence-electron chi connectivity index (χ2n) is 5.00. The van der Waals surface area contributed by atoms with Gasteiger partial charge < -0.3 is 5.32 Å². The molecule has 8 heteroatoms. The number of sulfonamides is 1. The quantitative estimate of drug-likeness (QED) is 0.895. The summed E-state index contributed by atoms with van der Waals surface area (Å²) < 4.78 is 26.5. The van der Waals surface area contributed by atoms with Crippen molar-refractivity contribution >= 4 is 27.5 Å². The van der Waals surface area contributed by atoms with Gasteiger partial charge in [-0.3, -0.25) is 4.79 Å². The van der Waals surface area contributed by atoms with E-state index in [1.807, 2.05) is 13.0 Å². The Labute approximate surface area is 134 Å². The van der Waals surface area contributed by atoms with Crippen molar-refractivity contribution in [2.24, 2.45) is 5.92 Å².